The molecule has 0 aliphatic carbocycles. The highest BCUT2D eigenvalue weighted by Crippen LogP contribution is 2.33. The van der Waals surface area contributed by atoms with Crippen LogP contribution in [-0.2, 0) is 16.3 Å². The Labute approximate surface area is 194 Å². The van der Waals surface area contributed by atoms with Gasteiger partial charge in [-0.1, -0.05) is 36.4 Å². The Balaban J connectivity index is 1.49. The van der Waals surface area contributed by atoms with E-state index in [0.717, 1.165) is 11.3 Å². The zero-order valence-corrected chi connectivity index (χ0v) is 19.5. The highest BCUT2D eigenvalue weighted by molar-refractivity contribution is 7.92. The van der Waals surface area contributed by atoms with Gasteiger partial charge in [0.25, 0.3) is 0 Å². The topological polar surface area (TPSA) is 106 Å². The van der Waals surface area contributed by atoms with Gasteiger partial charge in [0.15, 0.2) is 9.84 Å². The fourth-order valence-electron chi connectivity index (χ4n) is 4.94. The van der Waals surface area contributed by atoms with Crippen molar-refractivity contribution in [2.24, 2.45) is 5.92 Å². The SMILES string of the molecule is C[C@@H]1NC[C@@H](c2ccccc2)S(=O)(=O)C1Cc1ccc(N2CCC(C(=N)NO)CC2)cc1F. The molecule has 0 bridgehead atoms. The third kappa shape index (κ3) is 4.90. The van der Waals surface area contributed by atoms with Gasteiger partial charge in [-0.15, -0.1) is 0 Å². The van der Waals surface area contributed by atoms with Crippen molar-refractivity contribution in [3.05, 3.63) is 65.5 Å². The van der Waals surface area contributed by atoms with Crippen LogP contribution in [0.1, 0.15) is 36.1 Å². The summed E-state index contributed by atoms with van der Waals surface area (Å²) >= 11 is 0. The molecule has 0 radical (unpaired) electrons. The average Bonchev–Trinajstić information content (AvgIpc) is 2.82. The summed E-state index contributed by atoms with van der Waals surface area (Å²) < 4.78 is 42.0. The number of nitrogens with zero attached hydrogens (tertiary/aromatic N) is 1. The van der Waals surface area contributed by atoms with E-state index >= 15 is 4.39 Å². The van der Waals surface area contributed by atoms with Crippen molar-refractivity contribution < 1.29 is 18.0 Å². The van der Waals surface area contributed by atoms with Gasteiger partial charge in [0.2, 0.25) is 0 Å². The Morgan fingerprint density at radius 2 is 1.91 bits per heavy atom. The van der Waals surface area contributed by atoms with Gasteiger partial charge in [0.1, 0.15) is 11.7 Å². The monoisotopic (exact) mass is 474 g/mol. The number of anilines is 1. The Hall–Kier alpha value is -2.49. The molecule has 2 aromatic carbocycles. The largest absolute Gasteiger partial charge is 0.371 e. The first-order chi connectivity index (χ1) is 15.8. The summed E-state index contributed by atoms with van der Waals surface area (Å²) in [5.41, 5.74) is 3.82. The number of amidine groups is 1. The minimum atomic E-state index is -3.52. The first kappa shape index (κ1) is 23.7. The smallest absolute Gasteiger partial charge is 0.163 e. The minimum Gasteiger partial charge on any atom is -0.371 e. The number of halogens is 1. The Kier molecular flexibility index (Phi) is 7.02. The predicted molar refractivity (Wildman–Crippen MR) is 127 cm³/mol. The summed E-state index contributed by atoms with van der Waals surface area (Å²) in [5.74, 6) is -0.316. The van der Waals surface area contributed by atoms with E-state index in [1.807, 2.05) is 48.8 Å². The molecular weight excluding hydrogens is 443 g/mol. The molecule has 2 saturated heterocycles. The third-order valence-corrected chi connectivity index (χ3v) is 9.67. The molecule has 0 amide bonds. The van der Waals surface area contributed by atoms with Gasteiger partial charge in [-0.2, -0.15) is 0 Å². The maximum absolute atomic E-state index is 15.1. The maximum Gasteiger partial charge on any atom is 0.163 e. The van der Waals surface area contributed by atoms with Crippen LogP contribution in [0.25, 0.3) is 0 Å². The summed E-state index contributed by atoms with van der Waals surface area (Å²) in [4.78, 5) is 2.06. The fourth-order valence-corrected chi connectivity index (χ4v) is 7.30. The summed E-state index contributed by atoms with van der Waals surface area (Å²) in [7, 11) is -3.52. The third-order valence-electron chi connectivity index (χ3n) is 7.02. The standard InChI is InChI=1S/C24H31FN4O3S/c1-16-22(33(31,32)23(15-27-16)17-5-3-2-4-6-17)13-19-7-8-20(14-21(19)25)29-11-9-18(10-12-29)24(26)28-30/h2-8,14,16,18,22-23,27,30H,9-13,15H2,1H3,(H2,26,28)/t16-,22?,23-/m0/s1. The van der Waals surface area contributed by atoms with Gasteiger partial charge in [-0.25, -0.2) is 12.8 Å². The predicted octanol–water partition coefficient (Wildman–Crippen LogP) is 3.06. The molecule has 178 valence electrons. The summed E-state index contributed by atoms with van der Waals surface area (Å²) in [6, 6.07) is 13.9. The van der Waals surface area contributed by atoms with Crippen molar-refractivity contribution in [1.29, 1.82) is 5.41 Å². The van der Waals surface area contributed by atoms with Crippen LogP contribution < -0.4 is 15.7 Å². The zero-order chi connectivity index (χ0) is 23.6. The summed E-state index contributed by atoms with van der Waals surface area (Å²) in [6.07, 6.45) is 1.51. The van der Waals surface area contributed by atoms with Gasteiger partial charge in [0.05, 0.1) is 10.5 Å². The fraction of sp³-hybridized carbons (Fsp3) is 0.458. The van der Waals surface area contributed by atoms with E-state index in [4.69, 9.17) is 10.6 Å². The number of sulfone groups is 1. The molecular formula is C24H31FN4O3S. The van der Waals surface area contributed by atoms with Crippen LogP contribution in [0.3, 0.4) is 0 Å². The van der Waals surface area contributed by atoms with E-state index in [-0.39, 0.29) is 24.2 Å². The van der Waals surface area contributed by atoms with Crippen LogP contribution in [0.5, 0.6) is 0 Å². The second-order valence-electron chi connectivity index (χ2n) is 8.99. The van der Waals surface area contributed by atoms with E-state index in [1.165, 1.54) is 6.07 Å². The Morgan fingerprint density at radius 1 is 1.21 bits per heavy atom. The number of rotatable bonds is 5. The molecule has 4 rings (SSSR count). The second kappa shape index (κ2) is 9.79. The van der Waals surface area contributed by atoms with Gasteiger partial charge in [-0.3, -0.25) is 16.1 Å². The second-order valence-corrected chi connectivity index (χ2v) is 11.3. The zero-order valence-electron chi connectivity index (χ0n) is 18.7. The lowest BCUT2D eigenvalue weighted by Gasteiger charge is -2.36. The molecule has 0 spiro atoms. The number of nitrogens with one attached hydrogen (secondary N) is 3. The molecule has 0 aromatic heterocycles. The maximum atomic E-state index is 15.1. The molecule has 0 saturated carbocycles. The molecule has 2 fully saturated rings. The van der Waals surface area contributed by atoms with E-state index in [9.17, 15) is 8.42 Å². The van der Waals surface area contributed by atoms with Crippen LogP contribution in [0.2, 0.25) is 0 Å². The van der Waals surface area contributed by atoms with Crippen molar-refractivity contribution in [3.63, 3.8) is 0 Å². The van der Waals surface area contributed by atoms with Crippen molar-refractivity contribution in [3.8, 4) is 0 Å². The number of hydrogen-bond donors (Lipinski definition) is 4. The van der Waals surface area contributed by atoms with Crippen LogP contribution in [0, 0.1) is 17.1 Å². The summed E-state index contributed by atoms with van der Waals surface area (Å²) in [5, 5.41) is 18.6. The molecule has 33 heavy (non-hydrogen) atoms. The van der Waals surface area contributed by atoms with Crippen LogP contribution >= 0.6 is 0 Å². The minimum absolute atomic E-state index is 0.0292. The average molecular weight is 475 g/mol. The van der Waals surface area contributed by atoms with Crippen LogP contribution in [-0.4, -0.2) is 50.4 Å². The Bertz CT molecular complexity index is 1090. The number of hydroxylamine groups is 1. The quantitative estimate of drug-likeness (QED) is 0.302. The normalized spacial score (nSPS) is 25.5. The van der Waals surface area contributed by atoms with Crippen molar-refractivity contribution in [2.45, 2.75) is 42.7 Å². The van der Waals surface area contributed by atoms with E-state index < -0.39 is 26.2 Å². The number of piperidine rings is 1. The highest BCUT2D eigenvalue weighted by Gasteiger charge is 2.42. The first-order valence-corrected chi connectivity index (χ1v) is 12.9. The molecule has 2 aliphatic heterocycles. The van der Waals surface area contributed by atoms with Gasteiger partial charge >= 0.3 is 0 Å². The summed E-state index contributed by atoms with van der Waals surface area (Å²) in [6.45, 7) is 3.51. The van der Waals surface area contributed by atoms with E-state index in [1.54, 1.807) is 6.07 Å². The number of hydrogen-bond acceptors (Lipinski definition) is 6. The highest BCUT2D eigenvalue weighted by atomic mass is 32.2. The molecule has 4 N–H and O–H groups in total. The van der Waals surface area contributed by atoms with Gasteiger partial charge in [-0.05, 0) is 49.4 Å². The lowest BCUT2D eigenvalue weighted by atomic mass is 9.95. The van der Waals surface area contributed by atoms with Crippen LogP contribution in [0.4, 0.5) is 10.1 Å². The lowest BCUT2D eigenvalue weighted by molar-refractivity contribution is 0.223. The molecule has 2 heterocycles. The van der Waals surface area contributed by atoms with Crippen molar-refractivity contribution >= 4 is 21.4 Å². The molecule has 9 heteroatoms. The molecule has 7 nitrogen and oxygen atoms in total. The Morgan fingerprint density at radius 3 is 2.55 bits per heavy atom. The molecule has 3 atom stereocenters. The molecule has 2 aliphatic rings. The van der Waals surface area contributed by atoms with Gasteiger partial charge in [0, 0.05) is 37.3 Å². The van der Waals surface area contributed by atoms with Crippen molar-refractivity contribution in [1.82, 2.24) is 10.8 Å². The van der Waals surface area contributed by atoms with Gasteiger partial charge < -0.3 is 10.2 Å². The van der Waals surface area contributed by atoms with E-state index in [0.29, 0.717) is 38.0 Å². The van der Waals surface area contributed by atoms with E-state index in [2.05, 4.69) is 10.2 Å². The number of benzene rings is 2. The lowest BCUT2D eigenvalue weighted by Crippen LogP contribution is -2.53. The molecule has 1 unspecified atom stereocenters. The first-order valence-electron chi connectivity index (χ1n) is 11.3. The van der Waals surface area contributed by atoms with Crippen LogP contribution in [0.15, 0.2) is 48.5 Å². The molecule has 2 aromatic rings. The van der Waals surface area contributed by atoms with Crippen molar-refractivity contribution in [2.75, 3.05) is 24.5 Å².